The Morgan fingerprint density at radius 1 is 1.15 bits per heavy atom. The van der Waals surface area contributed by atoms with E-state index in [4.69, 9.17) is 36.0 Å². The zero-order chi connectivity index (χ0) is 27.9. The number of anilines is 1. The van der Waals surface area contributed by atoms with Gasteiger partial charge in [0.05, 0.1) is 38.7 Å². The summed E-state index contributed by atoms with van der Waals surface area (Å²) in [5.41, 5.74) is 8.64. The molecule has 3 aromatic heterocycles. The van der Waals surface area contributed by atoms with Crippen LogP contribution >= 0.6 is 11.8 Å². The van der Waals surface area contributed by atoms with Gasteiger partial charge in [-0.1, -0.05) is 11.8 Å². The first-order valence-electron chi connectivity index (χ1n) is 11.6. The molecule has 3 heterocycles. The van der Waals surface area contributed by atoms with Crippen molar-refractivity contribution in [3.05, 3.63) is 65.0 Å². The third kappa shape index (κ3) is 5.72. The smallest absolute Gasteiger partial charge is 0.237 e. The number of aromatic nitrogens is 3. The Balaban J connectivity index is 1.65. The highest BCUT2D eigenvalue weighted by atomic mass is 32.2. The van der Waals surface area contributed by atoms with Crippen LogP contribution < -0.4 is 19.9 Å². The van der Waals surface area contributed by atoms with Crippen LogP contribution in [0.15, 0.2) is 46.0 Å². The number of ether oxygens (including phenoxy) is 3. The molecule has 0 aliphatic rings. The largest absolute Gasteiger partial charge is 0.493 e. The van der Waals surface area contributed by atoms with Crippen LogP contribution in [0.2, 0.25) is 0 Å². The van der Waals surface area contributed by atoms with Gasteiger partial charge in [-0.2, -0.15) is 5.26 Å². The van der Waals surface area contributed by atoms with Crippen molar-refractivity contribution in [2.24, 2.45) is 0 Å². The molecule has 0 bridgehead atoms. The Morgan fingerprint density at radius 3 is 2.56 bits per heavy atom. The van der Waals surface area contributed by atoms with E-state index < -0.39 is 0 Å². The van der Waals surface area contributed by atoms with Crippen LogP contribution in [0, 0.1) is 24.8 Å². The van der Waals surface area contributed by atoms with Crippen LogP contribution in [0.1, 0.15) is 17.0 Å². The number of thioether (sulfide) groups is 1. The molecule has 11 nitrogen and oxygen atoms in total. The van der Waals surface area contributed by atoms with E-state index in [9.17, 15) is 5.26 Å². The molecule has 198 valence electrons. The molecule has 0 aliphatic heterocycles. The Hall–Kier alpha value is -4.78. The molecule has 0 aliphatic carbocycles. The first-order chi connectivity index (χ1) is 18.9. The molecule has 4 rings (SSSR count). The zero-order valence-corrected chi connectivity index (χ0v) is 22.2. The summed E-state index contributed by atoms with van der Waals surface area (Å²) < 4.78 is 21.9. The number of nitrogens with zero attached hydrogens (tertiary/aromatic N) is 5. The third-order valence-corrected chi connectivity index (χ3v) is 6.61. The van der Waals surface area contributed by atoms with Gasteiger partial charge in [0.2, 0.25) is 17.5 Å². The molecule has 1 aromatic carbocycles. The minimum atomic E-state index is -0.147. The van der Waals surface area contributed by atoms with Gasteiger partial charge in [0.15, 0.2) is 11.5 Å². The van der Waals surface area contributed by atoms with Gasteiger partial charge in [0, 0.05) is 29.1 Å². The molecule has 12 heteroatoms. The molecule has 4 aromatic rings. The van der Waals surface area contributed by atoms with Gasteiger partial charge in [-0.25, -0.2) is 19.8 Å². The summed E-state index contributed by atoms with van der Waals surface area (Å²) in [5, 5.41) is 19.4. The SMILES string of the molecule is [C-]#[N+]c1c(N)nc(SCc2nc(-c3ccc(OC)c(OC)c3)oc2C)c(C#N)c1-c1ccc(OCCO)nc1. The minimum Gasteiger partial charge on any atom is -0.493 e. The first-order valence-corrected chi connectivity index (χ1v) is 12.5. The number of nitriles is 1. The standard InChI is InChI=1S/C27H24N6O5S/c1-15-19(32-26(38-15)16-5-7-20(35-3)21(11-16)36-4)14-39-27-18(12-28)23(24(30-2)25(29)33-27)17-6-8-22(31-13-17)37-10-9-34/h5-8,11,13,34H,9-10,14H2,1,3-4H3,(H2,29,33). The fraction of sp³-hybridized carbons (Fsp3) is 0.222. The van der Waals surface area contributed by atoms with Crippen LogP contribution in [0.3, 0.4) is 0 Å². The Kier molecular flexibility index (Phi) is 8.51. The molecule has 0 atom stereocenters. The van der Waals surface area contributed by atoms with Gasteiger partial charge in [0.1, 0.15) is 29.3 Å². The highest BCUT2D eigenvalue weighted by molar-refractivity contribution is 7.98. The number of rotatable bonds is 10. The number of oxazole rings is 1. The molecule has 39 heavy (non-hydrogen) atoms. The van der Waals surface area contributed by atoms with Crippen LogP contribution in [0.4, 0.5) is 11.5 Å². The Labute approximate surface area is 229 Å². The van der Waals surface area contributed by atoms with E-state index in [1.807, 2.05) is 6.07 Å². The molecular formula is C27H24N6O5S. The van der Waals surface area contributed by atoms with Gasteiger partial charge >= 0.3 is 0 Å². The number of hydrogen-bond acceptors (Lipinski definition) is 11. The van der Waals surface area contributed by atoms with Crippen molar-refractivity contribution >= 4 is 23.3 Å². The van der Waals surface area contributed by atoms with Crippen molar-refractivity contribution in [3.8, 4) is 46.0 Å². The molecule has 0 fully saturated rings. The van der Waals surface area contributed by atoms with Crippen LogP contribution in [0.5, 0.6) is 17.4 Å². The summed E-state index contributed by atoms with van der Waals surface area (Å²) >= 11 is 1.26. The van der Waals surface area contributed by atoms with E-state index in [1.54, 1.807) is 45.4 Å². The Bertz CT molecular complexity index is 1570. The van der Waals surface area contributed by atoms with E-state index in [0.717, 1.165) is 5.56 Å². The fourth-order valence-corrected chi connectivity index (χ4v) is 4.73. The number of aliphatic hydroxyl groups is 1. The number of hydrogen-bond donors (Lipinski definition) is 2. The van der Waals surface area contributed by atoms with Crippen molar-refractivity contribution in [2.75, 3.05) is 33.2 Å². The number of aryl methyl sites for hydroxylation is 1. The molecule has 0 spiro atoms. The number of aliphatic hydroxyl groups excluding tert-OH is 1. The maximum absolute atomic E-state index is 10.1. The van der Waals surface area contributed by atoms with Crippen LogP contribution in [-0.2, 0) is 5.75 Å². The van der Waals surface area contributed by atoms with Crippen molar-refractivity contribution < 1.29 is 23.7 Å². The summed E-state index contributed by atoms with van der Waals surface area (Å²) in [5.74, 6) is 2.82. The highest BCUT2D eigenvalue weighted by Crippen LogP contribution is 2.42. The number of pyridine rings is 2. The average Bonchev–Trinajstić information content (AvgIpc) is 3.34. The summed E-state index contributed by atoms with van der Waals surface area (Å²) in [6.07, 6.45) is 1.49. The van der Waals surface area contributed by atoms with E-state index >= 15 is 0 Å². The average molecular weight is 545 g/mol. The van der Waals surface area contributed by atoms with Crippen LogP contribution in [0.25, 0.3) is 27.4 Å². The van der Waals surface area contributed by atoms with Crippen molar-refractivity contribution in [1.29, 1.82) is 5.26 Å². The maximum Gasteiger partial charge on any atom is 0.237 e. The minimum absolute atomic E-state index is 0.00463. The number of methoxy groups -OCH3 is 2. The van der Waals surface area contributed by atoms with Gasteiger partial charge < -0.3 is 29.5 Å². The molecule has 0 unspecified atom stereocenters. The van der Waals surface area contributed by atoms with Gasteiger partial charge in [-0.3, -0.25) is 0 Å². The van der Waals surface area contributed by atoms with Crippen LogP contribution in [-0.4, -0.2) is 47.5 Å². The molecule has 0 amide bonds. The molecule has 3 N–H and O–H groups in total. The van der Waals surface area contributed by atoms with E-state index in [-0.39, 0.29) is 30.3 Å². The summed E-state index contributed by atoms with van der Waals surface area (Å²) in [6, 6.07) is 10.8. The van der Waals surface area contributed by atoms with Gasteiger partial charge in [-0.15, -0.1) is 0 Å². The summed E-state index contributed by atoms with van der Waals surface area (Å²) in [7, 11) is 3.12. The van der Waals surface area contributed by atoms with E-state index in [1.165, 1.54) is 18.0 Å². The normalized spacial score (nSPS) is 10.5. The maximum atomic E-state index is 10.1. The molecule has 0 radical (unpaired) electrons. The summed E-state index contributed by atoms with van der Waals surface area (Å²) in [6.45, 7) is 9.39. The lowest BCUT2D eigenvalue weighted by molar-refractivity contribution is 0.196. The zero-order valence-electron chi connectivity index (χ0n) is 21.4. The molecule has 0 saturated carbocycles. The lowest BCUT2D eigenvalue weighted by atomic mass is 10.0. The molecular weight excluding hydrogens is 520 g/mol. The number of benzene rings is 1. The van der Waals surface area contributed by atoms with Crippen molar-refractivity contribution in [3.63, 3.8) is 0 Å². The predicted octanol–water partition coefficient (Wildman–Crippen LogP) is 4.79. The second-order valence-electron chi connectivity index (χ2n) is 7.96. The van der Waals surface area contributed by atoms with E-state index in [0.29, 0.717) is 56.6 Å². The lowest BCUT2D eigenvalue weighted by Crippen LogP contribution is -2.03. The second kappa shape index (κ2) is 12.2. The quantitative estimate of drug-likeness (QED) is 0.209. The lowest BCUT2D eigenvalue weighted by Gasteiger charge is -2.13. The van der Waals surface area contributed by atoms with Crippen molar-refractivity contribution in [1.82, 2.24) is 15.0 Å². The Morgan fingerprint density at radius 2 is 1.92 bits per heavy atom. The van der Waals surface area contributed by atoms with Crippen molar-refractivity contribution in [2.45, 2.75) is 17.7 Å². The van der Waals surface area contributed by atoms with Gasteiger partial charge in [-0.05, 0) is 36.8 Å². The second-order valence-corrected chi connectivity index (χ2v) is 8.93. The fourth-order valence-electron chi connectivity index (χ4n) is 3.73. The number of nitrogen functional groups attached to an aromatic ring is 1. The number of nitrogens with two attached hydrogens (primary N) is 1. The third-order valence-electron chi connectivity index (χ3n) is 5.62. The van der Waals surface area contributed by atoms with E-state index in [2.05, 4.69) is 25.9 Å². The predicted molar refractivity (Wildman–Crippen MR) is 145 cm³/mol. The topological polar surface area (TPSA) is 154 Å². The monoisotopic (exact) mass is 544 g/mol. The highest BCUT2D eigenvalue weighted by Gasteiger charge is 2.22. The molecule has 0 saturated heterocycles. The first kappa shape index (κ1) is 27.3. The summed E-state index contributed by atoms with van der Waals surface area (Å²) in [4.78, 5) is 16.7. The van der Waals surface area contributed by atoms with Gasteiger partial charge in [0.25, 0.3) is 0 Å².